The molecule has 1 fully saturated rings. The quantitative estimate of drug-likeness (QED) is 0.705. The summed E-state index contributed by atoms with van der Waals surface area (Å²) >= 11 is 0. The summed E-state index contributed by atoms with van der Waals surface area (Å²) in [4.78, 5) is 28.9. The fourth-order valence-corrected chi connectivity index (χ4v) is 3.39. The van der Waals surface area contributed by atoms with Crippen molar-refractivity contribution in [2.75, 3.05) is 26.2 Å². The number of piperazine rings is 1. The van der Waals surface area contributed by atoms with Crippen molar-refractivity contribution < 1.29 is 9.59 Å². The molecule has 0 spiro atoms. The zero-order valence-electron chi connectivity index (χ0n) is 15.6. The molecular weight excluding hydrogens is 352 g/mol. The largest absolute Gasteiger partial charge is 0.335 e. The molecule has 0 bridgehead atoms. The SMILES string of the molecule is O=C(c1ccccc1)N1CCN(C(=O)c2cnn(Cc3ccccc3)c2)CC1. The van der Waals surface area contributed by atoms with Crippen molar-refractivity contribution in [2.24, 2.45) is 0 Å². The van der Waals surface area contributed by atoms with E-state index in [9.17, 15) is 9.59 Å². The average molecular weight is 374 g/mol. The summed E-state index contributed by atoms with van der Waals surface area (Å²) in [5, 5.41) is 4.31. The fraction of sp³-hybridized carbons (Fsp3) is 0.227. The van der Waals surface area contributed by atoms with Gasteiger partial charge in [0.05, 0.1) is 18.3 Å². The molecule has 1 aliphatic heterocycles. The Morgan fingerprint density at radius 1 is 0.750 bits per heavy atom. The van der Waals surface area contributed by atoms with Gasteiger partial charge in [-0.1, -0.05) is 48.5 Å². The molecule has 2 aromatic carbocycles. The Hall–Kier alpha value is -3.41. The standard InChI is InChI=1S/C22H22N4O2/c27-21(19-9-5-2-6-10-19)24-11-13-25(14-12-24)22(28)20-15-23-26(17-20)16-18-7-3-1-4-8-18/h1-10,15,17H,11-14,16H2. The smallest absolute Gasteiger partial charge is 0.257 e. The van der Waals surface area contributed by atoms with Crippen molar-refractivity contribution >= 4 is 11.8 Å². The van der Waals surface area contributed by atoms with Crippen LogP contribution in [0.15, 0.2) is 73.1 Å². The molecule has 0 radical (unpaired) electrons. The van der Waals surface area contributed by atoms with Gasteiger partial charge < -0.3 is 9.80 Å². The van der Waals surface area contributed by atoms with Crippen molar-refractivity contribution in [1.82, 2.24) is 19.6 Å². The van der Waals surface area contributed by atoms with Gasteiger partial charge in [-0.05, 0) is 17.7 Å². The van der Waals surface area contributed by atoms with E-state index >= 15 is 0 Å². The van der Waals surface area contributed by atoms with Gasteiger partial charge in [-0.15, -0.1) is 0 Å². The van der Waals surface area contributed by atoms with Crippen LogP contribution in [-0.4, -0.2) is 57.6 Å². The number of benzene rings is 2. The Balaban J connectivity index is 1.35. The minimum atomic E-state index is -0.0360. The molecular formula is C22H22N4O2. The third kappa shape index (κ3) is 3.96. The second kappa shape index (κ2) is 8.08. The van der Waals surface area contributed by atoms with Gasteiger partial charge in [-0.2, -0.15) is 5.10 Å². The Morgan fingerprint density at radius 3 is 1.89 bits per heavy atom. The van der Waals surface area contributed by atoms with Gasteiger partial charge in [0.1, 0.15) is 0 Å². The first-order valence-corrected chi connectivity index (χ1v) is 9.41. The van der Waals surface area contributed by atoms with E-state index in [-0.39, 0.29) is 11.8 Å². The maximum absolute atomic E-state index is 12.8. The molecule has 0 unspecified atom stereocenters. The molecule has 0 N–H and O–H groups in total. The highest BCUT2D eigenvalue weighted by molar-refractivity contribution is 5.95. The van der Waals surface area contributed by atoms with E-state index in [4.69, 9.17) is 0 Å². The van der Waals surface area contributed by atoms with Crippen molar-refractivity contribution in [3.05, 3.63) is 89.7 Å². The minimum Gasteiger partial charge on any atom is -0.335 e. The number of carbonyl (C=O) groups excluding carboxylic acids is 2. The Bertz CT molecular complexity index is 945. The van der Waals surface area contributed by atoms with E-state index in [1.54, 1.807) is 26.9 Å². The molecule has 3 aromatic rings. The van der Waals surface area contributed by atoms with Gasteiger partial charge in [0.2, 0.25) is 0 Å². The molecule has 1 saturated heterocycles. The van der Waals surface area contributed by atoms with Crippen LogP contribution in [-0.2, 0) is 6.54 Å². The normalized spacial score (nSPS) is 14.1. The lowest BCUT2D eigenvalue weighted by Crippen LogP contribution is -2.50. The highest BCUT2D eigenvalue weighted by Gasteiger charge is 2.26. The predicted molar refractivity (Wildman–Crippen MR) is 106 cm³/mol. The van der Waals surface area contributed by atoms with Crippen molar-refractivity contribution in [3.8, 4) is 0 Å². The van der Waals surface area contributed by atoms with Crippen molar-refractivity contribution in [2.45, 2.75) is 6.54 Å². The summed E-state index contributed by atoms with van der Waals surface area (Å²) in [6, 6.07) is 19.3. The van der Waals surface area contributed by atoms with Crippen LogP contribution in [0.5, 0.6) is 0 Å². The van der Waals surface area contributed by atoms with Crippen molar-refractivity contribution in [1.29, 1.82) is 0 Å². The van der Waals surface area contributed by atoms with Crippen LogP contribution in [0.3, 0.4) is 0 Å². The molecule has 2 amide bonds. The molecule has 4 rings (SSSR count). The molecule has 2 heterocycles. The first kappa shape index (κ1) is 18.0. The maximum Gasteiger partial charge on any atom is 0.257 e. The van der Waals surface area contributed by atoms with Crippen LogP contribution in [0, 0.1) is 0 Å². The second-order valence-electron chi connectivity index (χ2n) is 6.86. The van der Waals surface area contributed by atoms with Gasteiger partial charge in [0, 0.05) is 37.9 Å². The highest BCUT2D eigenvalue weighted by atomic mass is 16.2. The second-order valence-corrected chi connectivity index (χ2v) is 6.86. The third-order valence-electron chi connectivity index (χ3n) is 4.94. The summed E-state index contributed by atoms with van der Waals surface area (Å²) in [6.45, 7) is 2.77. The summed E-state index contributed by atoms with van der Waals surface area (Å²) in [6.07, 6.45) is 3.41. The molecule has 6 nitrogen and oxygen atoms in total. The number of aromatic nitrogens is 2. The number of carbonyl (C=O) groups is 2. The third-order valence-corrected chi connectivity index (χ3v) is 4.94. The topological polar surface area (TPSA) is 58.4 Å². The summed E-state index contributed by atoms with van der Waals surface area (Å²) < 4.78 is 1.78. The molecule has 0 saturated carbocycles. The monoisotopic (exact) mass is 374 g/mol. The van der Waals surface area contributed by atoms with Gasteiger partial charge in [0.25, 0.3) is 11.8 Å². The van der Waals surface area contributed by atoms with E-state index < -0.39 is 0 Å². The van der Waals surface area contributed by atoms with E-state index in [0.717, 1.165) is 5.56 Å². The zero-order valence-corrected chi connectivity index (χ0v) is 15.6. The lowest BCUT2D eigenvalue weighted by atomic mass is 10.1. The van der Waals surface area contributed by atoms with Gasteiger partial charge in [-0.25, -0.2) is 0 Å². The van der Waals surface area contributed by atoms with Crippen LogP contribution < -0.4 is 0 Å². The van der Waals surface area contributed by atoms with Gasteiger partial charge in [0.15, 0.2) is 0 Å². The van der Waals surface area contributed by atoms with Gasteiger partial charge >= 0.3 is 0 Å². The summed E-state index contributed by atoms with van der Waals surface area (Å²) in [5.41, 5.74) is 2.40. The number of hydrogen-bond donors (Lipinski definition) is 0. The molecule has 1 aromatic heterocycles. The maximum atomic E-state index is 12.8. The van der Waals surface area contributed by atoms with E-state index in [1.165, 1.54) is 0 Å². The van der Waals surface area contributed by atoms with E-state index in [0.29, 0.717) is 43.9 Å². The fourth-order valence-electron chi connectivity index (χ4n) is 3.39. The highest BCUT2D eigenvalue weighted by Crippen LogP contribution is 2.12. The minimum absolute atomic E-state index is 0.0170. The lowest BCUT2D eigenvalue weighted by Gasteiger charge is -2.34. The van der Waals surface area contributed by atoms with E-state index in [1.807, 2.05) is 60.7 Å². The molecule has 142 valence electrons. The van der Waals surface area contributed by atoms with E-state index in [2.05, 4.69) is 5.10 Å². The molecule has 6 heteroatoms. The van der Waals surface area contributed by atoms with Crippen LogP contribution in [0.2, 0.25) is 0 Å². The van der Waals surface area contributed by atoms with Crippen LogP contribution >= 0.6 is 0 Å². The average Bonchev–Trinajstić information content (AvgIpc) is 3.22. The zero-order chi connectivity index (χ0) is 19.3. The van der Waals surface area contributed by atoms with Crippen LogP contribution in [0.1, 0.15) is 26.3 Å². The summed E-state index contributed by atoms with van der Waals surface area (Å²) in [5.74, 6) is -0.0190. The van der Waals surface area contributed by atoms with Crippen LogP contribution in [0.25, 0.3) is 0 Å². The first-order chi connectivity index (χ1) is 13.7. The Labute approximate surface area is 164 Å². The molecule has 0 aliphatic carbocycles. The Morgan fingerprint density at radius 2 is 1.29 bits per heavy atom. The molecule has 28 heavy (non-hydrogen) atoms. The van der Waals surface area contributed by atoms with Crippen molar-refractivity contribution in [3.63, 3.8) is 0 Å². The summed E-state index contributed by atoms with van der Waals surface area (Å²) in [7, 11) is 0. The molecule has 0 atom stereocenters. The molecule has 1 aliphatic rings. The lowest BCUT2D eigenvalue weighted by molar-refractivity contribution is 0.0535. The van der Waals surface area contributed by atoms with Crippen LogP contribution in [0.4, 0.5) is 0 Å². The van der Waals surface area contributed by atoms with Gasteiger partial charge in [-0.3, -0.25) is 14.3 Å². The number of rotatable bonds is 4. The predicted octanol–water partition coefficient (Wildman–Crippen LogP) is 2.53. The number of hydrogen-bond acceptors (Lipinski definition) is 3. The number of nitrogens with zero attached hydrogens (tertiary/aromatic N) is 4. The Kier molecular flexibility index (Phi) is 5.19. The first-order valence-electron chi connectivity index (χ1n) is 9.41. The number of amides is 2.